The number of nitrogens with two attached hydrogens (primary N) is 1. The number of hydrogen-bond acceptors (Lipinski definition) is 9. The van der Waals surface area contributed by atoms with Crippen molar-refractivity contribution in [1.82, 2.24) is 4.90 Å². The highest BCUT2D eigenvalue weighted by atomic mass is 16.5. The third kappa shape index (κ3) is 4.51. The lowest BCUT2D eigenvalue weighted by atomic mass is 10.2. The van der Waals surface area contributed by atoms with E-state index in [4.69, 9.17) is 19.9 Å². The van der Waals surface area contributed by atoms with E-state index in [9.17, 15) is 0 Å². The molecule has 31 heavy (non-hydrogen) atoms. The van der Waals surface area contributed by atoms with Crippen LogP contribution in [0.25, 0.3) is 0 Å². The van der Waals surface area contributed by atoms with Crippen LogP contribution in [0.4, 0.5) is 11.4 Å². The van der Waals surface area contributed by atoms with Crippen molar-refractivity contribution in [2.75, 3.05) is 50.7 Å². The maximum Gasteiger partial charge on any atom is 0.222 e. The Kier molecular flexibility index (Phi) is 6.13. The quantitative estimate of drug-likeness (QED) is 0.760. The van der Waals surface area contributed by atoms with Crippen LogP contribution in [-0.4, -0.2) is 63.6 Å². The first kappa shape index (κ1) is 20.8. The average molecular weight is 425 g/mol. The molecular weight excluding hydrogens is 396 g/mol. The third-order valence-corrected chi connectivity index (χ3v) is 5.23. The molecule has 2 aromatic rings. The van der Waals surface area contributed by atoms with Crippen molar-refractivity contribution >= 4 is 23.3 Å². The van der Waals surface area contributed by atoms with Gasteiger partial charge in [0, 0.05) is 24.8 Å². The lowest BCUT2D eigenvalue weighted by molar-refractivity contribution is 0.0671. The minimum Gasteiger partial charge on any atom is -0.497 e. The maximum atomic E-state index is 6.14. The minimum absolute atomic E-state index is 0.217. The first-order valence-electron chi connectivity index (χ1n) is 10.2. The van der Waals surface area contributed by atoms with Crippen LogP contribution in [0.5, 0.6) is 11.5 Å². The van der Waals surface area contributed by atoms with Gasteiger partial charge in [-0.1, -0.05) is 17.7 Å². The van der Waals surface area contributed by atoms with Crippen LogP contribution in [0.15, 0.2) is 52.4 Å². The van der Waals surface area contributed by atoms with Crippen molar-refractivity contribution < 1.29 is 14.2 Å². The lowest BCUT2D eigenvalue weighted by Crippen LogP contribution is -2.57. The number of hydrogen-bond donors (Lipinski definition) is 2. The normalized spacial score (nSPS) is 18.9. The molecule has 2 aliphatic rings. The van der Waals surface area contributed by atoms with Gasteiger partial charge in [-0.3, -0.25) is 4.90 Å². The number of morpholine rings is 1. The number of rotatable bonds is 5. The second kappa shape index (κ2) is 9.13. The Bertz CT molecular complexity index is 970. The van der Waals surface area contributed by atoms with Gasteiger partial charge in [0.05, 0.1) is 33.1 Å². The smallest absolute Gasteiger partial charge is 0.222 e. The van der Waals surface area contributed by atoms with E-state index in [0.717, 1.165) is 30.4 Å². The zero-order valence-corrected chi connectivity index (χ0v) is 18.0. The van der Waals surface area contributed by atoms with Gasteiger partial charge in [-0.05, 0) is 31.2 Å². The number of nitrogens with one attached hydrogen (secondary N) is 1. The molecule has 3 N–H and O–H groups in total. The third-order valence-electron chi connectivity index (χ3n) is 5.23. The molecule has 0 saturated carbocycles. The Balaban J connectivity index is 1.72. The van der Waals surface area contributed by atoms with Crippen LogP contribution in [-0.2, 0) is 4.74 Å². The molecule has 0 radical (unpaired) electrons. The lowest BCUT2D eigenvalue weighted by Gasteiger charge is -2.41. The molecule has 0 spiro atoms. The summed E-state index contributed by atoms with van der Waals surface area (Å²) in [5.41, 5.74) is 9.04. The summed E-state index contributed by atoms with van der Waals surface area (Å²) in [7, 11) is 3.25. The molecule has 0 aromatic heterocycles. The largest absolute Gasteiger partial charge is 0.497 e. The number of nitrogens with zero attached hydrogens (tertiary/aromatic N) is 4. The fourth-order valence-corrected chi connectivity index (χ4v) is 3.58. The van der Waals surface area contributed by atoms with Crippen molar-refractivity contribution in [3.05, 3.63) is 48.0 Å². The summed E-state index contributed by atoms with van der Waals surface area (Å²) in [4.78, 5) is 13.4. The van der Waals surface area contributed by atoms with Gasteiger partial charge < -0.3 is 30.2 Å². The summed E-state index contributed by atoms with van der Waals surface area (Å²) in [5, 5.41) is 3.45. The average Bonchev–Trinajstić information content (AvgIpc) is 2.80. The van der Waals surface area contributed by atoms with E-state index in [0.29, 0.717) is 24.7 Å². The topological polar surface area (TPSA) is 96.9 Å². The summed E-state index contributed by atoms with van der Waals surface area (Å²) < 4.78 is 16.4. The number of anilines is 2. The van der Waals surface area contributed by atoms with Crippen LogP contribution in [0.1, 0.15) is 5.56 Å². The van der Waals surface area contributed by atoms with Crippen molar-refractivity contribution in [2.45, 2.75) is 13.2 Å². The second-order valence-electron chi connectivity index (χ2n) is 7.29. The standard InChI is InChI=1S/C22H28N6O3/c1-15-4-6-16(7-5-15)28-21(24-18-9-8-17(29-2)14-19(18)30-3)25-20(23)26-22(28)27-10-12-31-13-11-27/h4-9,14,21,24H,10-13H2,1-3H3,(H2,23,25). The van der Waals surface area contributed by atoms with E-state index in [1.165, 1.54) is 5.56 Å². The van der Waals surface area contributed by atoms with Crippen LogP contribution in [0, 0.1) is 6.92 Å². The summed E-state index contributed by atoms with van der Waals surface area (Å²) in [6.07, 6.45) is -0.514. The van der Waals surface area contributed by atoms with Gasteiger partial charge >= 0.3 is 0 Å². The molecule has 1 atom stereocenters. The molecule has 1 fully saturated rings. The predicted molar refractivity (Wildman–Crippen MR) is 122 cm³/mol. The van der Waals surface area contributed by atoms with Crippen molar-refractivity contribution in [3.8, 4) is 11.5 Å². The highest BCUT2D eigenvalue weighted by Crippen LogP contribution is 2.32. The van der Waals surface area contributed by atoms with Gasteiger partial charge in [0.25, 0.3) is 0 Å². The molecule has 1 saturated heterocycles. The molecule has 2 aromatic carbocycles. The van der Waals surface area contributed by atoms with E-state index >= 15 is 0 Å². The van der Waals surface area contributed by atoms with E-state index in [2.05, 4.69) is 51.4 Å². The molecule has 1 unspecified atom stereocenters. The van der Waals surface area contributed by atoms with Crippen molar-refractivity contribution in [3.63, 3.8) is 0 Å². The van der Waals surface area contributed by atoms with E-state index in [1.807, 2.05) is 23.1 Å². The number of benzene rings is 2. The van der Waals surface area contributed by atoms with Gasteiger partial charge in [-0.2, -0.15) is 4.99 Å². The summed E-state index contributed by atoms with van der Waals surface area (Å²) >= 11 is 0. The number of aryl methyl sites for hydroxylation is 1. The SMILES string of the molecule is COc1ccc(NC2N=C(N)N=C(N3CCOCC3)N2c2ccc(C)cc2)c(OC)c1. The zero-order chi connectivity index (χ0) is 21.8. The Morgan fingerprint density at radius 2 is 1.81 bits per heavy atom. The Morgan fingerprint density at radius 1 is 1.06 bits per heavy atom. The Morgan fingerprint density at radius 3 is 2.48 bits per heavy atom. The molecule has 4 rings (SSSR count). The van der Waals surface area contributed by atoms with Crippen LogP contribution >= 0.6 is 0 Å². The predicted octanol–water partition coefficient (Wildman–Crippen LogP) is 2.23. The number of aliphatic imine (C=N–C) groups is 2. The molecule has 2 aliphatic heterocycles. The van der Waals surface area contributed by atoms with Gasteiger partial charge in [0.15, 0.2) is 0 Å². The fourth-order valence-electron chi connectivity index (χ4n) is 3.58. The van der Waals surface area contributed by atoms with E-state index in [1.54, 1.807) is 14.2 Å². The second-order valence-corrected chi connectivity index (χ2v) is 7.29. The van der Waals surface area contributed by atoms with E-state index < -0.39 is 6.29 Å². The summed E-state index contributed by atoms with van der Waals surface area (Å²) in [5.74, 6) is 2.31. The first-order chi connectivity index (χ1) is 15.1. The summed E-state index contributed by atoms with van der Waals surface area (Å²) in [6, 6.07) is 13.8. The van der Waals surface area contributed by atoms with Crippen LogP contribution in [0.3, 0.4) is 0 Å². The maximum absolute atomic E-state index is 6.14. The Hall–Kier alpha value is -3.46. The number of guanidine groups is 2. The Labute approximate surface area is 182 Å². The molecule has 9 nitrogen and oxygen atoms in total. The molecule has 0 bridgehead atoms. The van der Waals surface area contributed by atoms with Gasteiger partial charge in [0.2, 0.25) is 18.2 Å². The van der Waals surface area contributed by atoms with Gasteiger partial charge in [-0.25, -0.2) is 4.99 Å². The van der Waals surface area contributed by atoms with Crippen LogP contribution in [0.2, 0.25) is 0 Å². The molecule has 164 valence electrons. The number of methoxy groups -OCH3 is 2. The highest BCUT2D eigenvalue weighted by Gasteiger charge is 2.32. The van der Waals surface area contributed by atoms with Crippen molar-refractivity contribution in [1.29, 1.82) is 0 Å². The number of ether oxygens (including phenoxy) is 3. The molecule has 2 heterocycles. The summed E-state index contributed by atoms with van der Waals surface area (Å²) in [6.45, 7) is 4.80. The fraction of sp³-hybridized carbons (Fsp3) is 0.364. The van der Waals surface area contributed by atoms with Crippen molar-refractivity contribution in [2.24, 2.45) is 15.7 Å². The van der Waals surface area contributed by atoms with Gasteiger partial charge in [-0.15, -0.1) is 0 Å². The van der Waals surface area contributed by atoms with E-state index in [-0.39, 0.29) is 5.96 Å². The van der Waals surface area contributed by atoms with Gasteiger partial charge in [0.1, 0.15) is 11.5 Å². The zero-order valence-electron chi connectivity index (χ0n) is 18.0. The molecular formula is C22H28N6O3. The monoisotopic (exact) mass is 424 g/mol. The van der Waals surface area contributed by atoms with Crippen LogP contribution < -0.4 is 25.4 Å². The molecule has 0 amide bonds. The highest BCUT2D eigenvalue weighted by molar-refractivity contribution is 6.06. The first-order valence-corrected chi connectivity index (χ1v) is 10.2. The minimum atomic E-state index is -0.514. The molecule has 9 heteroatoms. The molecule has 0 aliphatic carbocycles.